The van der Waals surface area contributed by atoms with E-state index in [9.17, 15) is 0 Å². The molecule has 275 valence electrons. The Morgan fingerprint density at radius 2 is 0.746 bits per heavy atom. The molecule has 59 heavy (non-hydrogen) atoms. The summed E-state index contributed by atoms with van der Waals surface area (Å²) >= 11 is 1.06. The Morgan fingerprint density at radius 1 is 0.390 bits per heavy atom. The number of hydrogen-bond acceptors (Lipinski definition) is 6. The van der Waals surface area contributed by atoms with Gasteiger partial charge in [0.1, 0.15) is 11.3 Å². The molecule has 11 aromatic rings. The fourth-order valence-corrected chi connectivity index (χ4v) is 8.91. The fourth-order valence-electron chi connectivity index (χ4n) is 8.91. The van der Waals surface area contributed by atoms with Crippen molar-refractivity contribution < 1.29 is 21.0 Å². The molecule has 13 rings (SSSR count). The average Bonchev–Trinajstić information content (AvgIpc) is 3.97. The van der Waals surface area contributed by atoms with Gasteiger partial charge in [0, 0.05) is 51.5 Å². The quantitative estimate of drug-likeness (QED) is 0.151. The van der Waals surface area contributed by atoms with Gasteiger partial charge < -0.3 is 19.5 Å². The van der Waals surface area contributed by atoms with Gasteiger partial charge in [0.2, 0.25) is 0 Å². The van der Waals surface area contributed by atoms with E-state index in [0.29, 0.717) is 22.9 Å². The molecule has 0 spiro atoms. The second kappa shape index (κ2) is 12.8. The van der Waals surface area contributed by atoms with Gasteiger partial charge in [0.25, 0.3) is 0 Å². The summed E-state index contributed by atoms with van der Waals surface area (Å²) in [5.74, 6) is 1.17. The Bertz CT molecular complexity index is 3570. The molecule has 1 aliphatic heterocycles. The van der Waals surface area contributed by atoms with Gasteiger partial charge in [-0.25, -0.2) is 15.0 Å². The Kier molecular flexibility index (Phi) is 7.32. The van der Waals surface area contributed by atoms with Crippen molar-refractivity contribution in [1.29, 1.82) is 0 Å². The van der Waals surface area contributed by atoms with Crippen molar-refractivity contribution >= 4 is 87.2 Å². The van der Waals surface area contributed by atoms with E-state index in [4.69, 9.17) is 33.6 Å². The van der Waals surface area contributed by atoms with E-state index in [0.717, 1.165) is 127 Å². The first-order chi connectivity index (χ1) is 29.1. The van der Waals surface area contributed by atoms with E-state index in [1.807, 2.05) is 0 Å². The second-order valence-corrected chi connectivity index (χ2v) is 15.1. The van der Waals surface area contributed by atoms with Crippen molar-refractivity contribution in [3.05, 3.63) is 152 Å². The third-order valence-electron chi connectivity index (χ3n) is 11.7. The van der Waals surface area contributed by atoms with E-state index in [1.165, 1.54) is 0 Å². The van der Waals surface area contributed by atoms with Crippen molar-refractivity contribution in [1.82, 2.24) is 34.5 Å². The third kappa shape index (κ3) is 5.14. The van der Waals surface area contributed by atoms with Crippen molar-refractivity contribution in [3.8, 4) is 45.3 Å². The molecule has 0 saturated heterocycles. The van der Waals surface area contributed by atoms with Crippen LogP contribution in [0.1, 0.15) is 0 Å². The SMILES string of the molecule is Cn1c2nc3cc(nc4[n-]c(nc5nc(nc1c1cc6ccccc6cc12)-c1cc2ccccc2cc1-5)c1cc2ccccc2cc41)-c1cc2ccccc2cc1-3.[O]=[V]. The van der Waals surface area contributed by atoms with Crippen LogP contribution in [0.5, 0.6) is 0 Å². The molecule has 0 amide bonds. The maximum absolute atomic E-state index is 8.19. The van der Waals surface area contributed by atoms with Gasteiger partial charge in [0.05, 0.1) is 11.5 Å². The van der Waals surface area contributed by atoms with Crippen molar-refractivity contribution in [2.45, 2.75) is 0 Å². The molecule has 8 nitrogen and oxygen atoms in total. The number of fused-ring (bicyclic) bond motifs is 24. The Balaban J connectivity index is 0.00000186. The maximum atomic E-state index is 8.19. The standard InChI is InChI=1S/C50H28N7.O.V/c1-57-49-41-24-33-16-8-9-17-34(33)25-42(41)50(57)56-48-40-23-32-15-7-6-14-31(32)22-39(40)47(55-48)54-46-38-21-30-13-5-4-12-29(30)20-37(38)45(53-46)51-43-26-44(52-49)36-19-28-11-3-2-10-27(28)18-35(36)43;;/h2-26H,1H3;;/q-1;;. The van der Waals surface area contributed by atoms with Gasteiger partial charge in [-0.3, -0.25) is 0 Å². The third-order valence-corrected chi connectivity index (χ3v) is 11.7. The van der Waals surface area contributed by atoms with Crippen LogP contribution < -0.4 is 4.98 Å². The minimum absolute atomic E-state index is 0.571. The zero-order valence-electron chi connectivity index (χ0n) is 31.4. The predicted octanol–water partition coefficient (Wildman–Crippen LogP) is 11.6. The van der Waals surface area contributed by atoms with Crippen molar-refractivity contribution in [2.24, 2.45) is 7.05 Å². The molecule has 0 saturated carbocycles. The van der Waals surface area contributed by atoms with Gasteiger partial charge >= 0.3 is 21.0 Å². The molecule has 8 bridgehead atoms. The normalized spacial score (nSPS) is 11.9. The number of aromatic nitrogens is 7. The van der Waals surface area contributed by atoms with Crippen LogP contribution in [0.25, 0.3) is 133 Å². The number of nitrogens with zero attached hydrogens (tertiary/aromatic N) is 7. The van der Waals surface area contributed by atoms with E-state index in [2.05, 4.69) is 163 Å². The van der Waals surface area contributed by atoms with E-state index in [1.54, 1.807) is 0 Å². The van der Waals surface area contributed by atoms with Gasteiger partial charge in [-0.15, -0.1) is 0 Å². The van der Waals surface area contributed by atoms with Gasteiger partial charge in [-0.2, -0.15) is 0 Å². The molecular weight excluding hydrogens is 766 g/mol. The fraction of sp³-hybridized carbons (Fsp3) is 0.0200. The molecule has 0 fully saturated rings. The summed E-state index contributed by atoms with van der Waals surface area (Å²) in [5.41, 5.74) is 8.29. The monoisotopic (exact) mass is 793 g/mol. The summed E-state index contributed by atoms with van der Waals surface area (Å²) in [6.45, 7) is 0. The van der Waals surface area contributed by atoms with Gasteiger partial charge in [-0.05, 0) is 114 Å². The molecule has 0 radical (unpaired) electrons. The average molecular weight is 794 g/mol. The Labute approximate surface area is 345 Å². The van der Waals surface area contributed by atoms with Crippen molar-refractivity contribution in [3.63, 3.8) is 0 Å². The molecule has 0 atom stereocenters. The van der Waals surface area contributed by atoms with Gasteiger partial charge in [-0.1, -0.05) is 97.1 Å². The molecule has 3 aromatic heterocycles. The summed E-state index contributed by atoms with van der Waals surface area (Å²) < 4.78 is 10.3. The first-order valence-electron chi connectivity index (χ1n) is 19.3. The molecule has 0 unspecified atom stereocenters. The molecule has 4 heterocycles. The van der Waals surface area contributed by atoms with Crippen LogP contribution in [-0.2, 0) is 28.1 Å². The number of hydrogen-bond donors (Lipinski definition) is 0. The summed E-state index contributed by atoms with van der Waals surface area (Å²) in [5, 5.41) is 12.9. The van der Waals surface area contributed by atoms with Gasteiger partial charge in [0.15, 0.2) is 5.82 Å². The Morgan fingerprint density at radius 3 is 1.22 bits per heavy atom. The van der Waals surface area contributed by atoms with E-state index < -0.39 is 0 Å². The van der Waals surface area contributed by atoms with Crippen LogP contribution in [0.4, 0.5) is 0 Å². The van der Waals surface area contributed by atoms with Crippen molar-refractivity contribution in [2.75, 3.05) is 0 Å². The second-order valence-electron chi connectivity index (χ2n) is 15.1. The summed E-state index contributed by atoms with van der Waals surface area (Å²) in [6.07, 6.45) is 0. The molecule has 2 aliphatic rings. The molecule has 8 aromatic carbocycles. The first kappa shape index (κ1) is 33.7. The summed E-state index contributed by atoms with van der Waals surface area (Å²) in [4.78, 5) is 32.1. The van der Waals surface area contributed by atoms with Crippen LogP contribution in [-0.4, -0.2) is 29.5 Å². The summed E-state index contributed by atoms with van der Waals surface area (Å²) in [6, 6.07) is 53.4. The molecule has 9 heteroatoms. The van der Waals surface area contributed by atoms with Crippen LogP contribution in [0, 0.1) is 0 Å². The molecule has 1 aliphatic carbocycles. The van der Waals surface area contributed by atoms with E-state index >= 15 is 0 Å². The number of benzene rings is 8. The van der Waals surface area contributed by atoms with Crippen LogP contribution in [0.2, 0.25) is 0 Å². The first-order valence-corrected chi connectivity index (χ1v) is 19.8. The van der Waals surface area contributed by atoms with E-state index in [-0.39, 0.29) is 0 Å². The predicted molar refractivity (Wildman–Crippen MR) is 233 cm³/mol. The zero-order chi connectivity index (χ0) is 39.4. The Hall–Kier alpha value is -7.39. The summed E-state index contributed by atoms with van der Waals surface area (Å²) in [7, 11) is 2.05. The number of aryl methyl sites for hydroxylation is 1. The van der Waals surface area contributed by atoms with Crippen LogP contribution in [0.3, 0.4) is 0 Å². The zero-order valence-corrected chi connectivity index (χ0v) is 32.8. The molecular formula is C50H28N7OV-. The van der Waals surface area contributed by atoms with Crippen LogP contribution >= 0.6 is 0 Å². The minimum atomic E-state index is 0.571. The number of rotatable bonds is 0. The topological polar surface area (TPSA) is 101 Å². The van der Waals surface area contributed by atoms with Crippen LogP contribution in [0.15, 0.2) is 152 Å². The molecule has 0 N–H and O–H groups in total.